The first-order valence-corrected chi connectivity index (χ1v) is 4.75. The zero-order chi connectivity index (χ0) is 8.89. The van der Waals surface area contributed by atoms with E-state index in [4.69, 9.17) is 4.74 Å². The number of ether oxygens (including phenoxy) is 1. The molecular formula is C11H12O2. The van der Waals surface area contributed by atoms with Gasteiger partial charge in [-0.2, -0.15) is 0 Å². The SMILES string of the molecule is OC1(C2Cc3ccccc3O2)CC1. The van der Waals surface area contributed by atoms with Gasteiger partial charge in [0.25, 0.3) is 0 Å². The van der Waals surface area contributed by atoms with E-state index in [1.54, 1.807) is 0 Å². The standard InChI is InChI=1S/C11H12O2/c12-11(5-6-11)10-7-8-3-1-2-4-9(8)13-10/h1-4,10,12H,5-7H2. The Balaban J connectivity index is 1.89. The summed E-state index contributed by atoms with van der Waals surface area (Å²) >= 11 is 0. The fourth-order valence-electron chi connectivity index (χ4n) is 1.93. The monoisotopic (exact) mass is 176 g/mol. The minimum Gasteiger partial charge on any atom is -0.487 e. The Bertz CT molecular complexity index is 317. The van der Waals surface area contributed by atoms with Gasteiger partial charge in [0, 0.05) is 6.42 Å². The molecule has 2 heteroatoms. The summed E-state index contributed by atoms with van der Waals surface area (Å²) in [7, 11) is 0. The summed E-state index contributed by atoms with van der Waals surface area (Å²) in [4.78, 5) is 0. The lowest BCUT2D eigenvalue weighted by Gasteiger charge is -2.16. The van der Waals surface area contributed by atoms with Crippen LogP contribution in [0.2, 0.25) is 0 Å². The first kappa shape index (κ1) is 7.39. The largest absolute Gasteiger partial charge is 0.487 e. The van der Waals surface area contributed by atoms with Gasteiger partial charge in [-0.25, -0.2) is 0 Å². The topological polar surface area (TPSA) is 29.5 Å². The summed E-state index contributed by atoms with van der Waals surface area (Å²) in [5.41, 5.74) is 0.715. The Kier molecular flexibility index (Phi) is 1.29. The molecule has 1 unspecified atom stereocenters. The Morgan fingerprint density at radius 2 is 2.08 bits per heavy atom. The molecule has 1 atom stereocenters. The van der Waals surface area contributed by atoms with Crippen molar-refractivity contribution in [3.63, 3.8) is 0 Å². The molecule has 1 aliphatic heterocycles. The number of rotatable bonds is 1. The molecule has 1 fully saturated rings. The van der Waals surface area contributed by atoms with E-state index in [-0.39, 0.29) is 6.10 Å². The number of hydrogen-bond donors (Lipinski definition) is 1. The highest BCUT2D eigenvalue weighted by molar-refractivity contribution is 5.38. The molecule has 0 amide bonds. The summed E-state index contributed by atoms with van der Waals surface area (Å²) in [5, 5.41) is 9.88. The minimum absolute atomic E-state index is 0.00454. The van der Waals surface area contributed by atoms with Gasteiger partial charge in [-0.15, -0.1) is 0 Å². The van der Waals surface area contributed by atoms with Crippen LogP contribution in [-0.4, -0.2) is 16.8 Å². The van der Waals surface area contributed by atoms with E-state index in [0.717, 1.165) is 25.0 Å². The number of hydrogen-bond acceptors (Lipinski definition) is 2. The first-order valence-electron chi connectivity index (χ1n) is 4.75. The molecule has 0 saturated heterocycles. The third kappa shape index (κ3) is 1.05. The van der Waals surface area contributed by atoms with E-state index < -0.39 is 5.60 Å². The number of aliphatic hydroxyl groups is 1. The van der Waals surface area contributed by atoms with Gasteiger partial charge in [-0.3, -0.25) is 0 Å². The third-order valence-electron chi connectivity index (χ3n) is 3.01. The van der Waals surface area contributed by atoms with E-state index in [1.807, 2.05) is 18.2 Å². The molecule has 1 heterocycles. The summed E-state index contributed by atoms with van der Waals surface area (Å²) in [6.45, 7) is 0. The van der Waals surface area contributed by atoms with Crippen LogP contribution in [0.15, 0.2) is 24.3 Å². The summed E-state index contributed by atoms with van der Waals surface area (Å²) in [6, 6.07) is 8.03. The molecule has 13 heavy (non-hydrogen) atoms. The molecule has 0 bridgehead atoms. The molecule has 1 N–H and O–H groups in total. The second-order valence-corrected chi connectivity index (χ2v) is 4.02. The van der Waals surface area contributed by atoms with Crippen molar-refractivity contribution >= 4 is 0 Å². The molecule has 1 saturated carbocycles. The van der Waals surface area contributed by atoms with Crippen LogP contribution in [-0.2, 0) is 6.42 Å². The summed E-state index contributed by atoms with van der Waals surface area (Å²) < 4.78 is 5.68. The molecule has 0 radical (unpaired) electrons. The molecular weight excluding hydrogens is 164 g/mol. The van der Waals surface area contributed by atoms with Gasteiger partial charge in [0.05, 0.1) is 0 Å². The predicted octanol–water partition coefficient (Wildman–Crippen LogP) is 1.51. The molecule has 2 aliphatic rings. The molecule has 1 aliphatic carbocycles. The zero-order valence-corrected chi connectivity index (χ0v) is 7.36. The molecule has 1 aromatic carbocycles. The van der Waals surface area contributed by atoms with Gasteiger partial charge < -0.3 is 9.84 Å². The zero-order valence-electron chi connectivity index (χ0n) is 7.36. The minimum atomic E-state index is -0.515. The van der Waals surface area contributed by atoms with Crippen molar-refractivity contribution in [2.45, 2.75) is 31.0 Å². The summed E-state index contributed by atoms with van der Waals surface area (Å²) in [5.74, 6) is 0.952. The van der Waals surface area contributed by atoms with Crippen LogP contribution in [0.4, 0.5) is 0 Å². The average molecular weight is 176 g/mol. The normalized spacial score (nSPS) is 27.9. The van der Waals surface area contributed by atoms with E-state index in [2.05, 4.69) is 6.07 Å². The molecule has 68 valence electrons. The van der Waals surface area contributed by atoms with Crippen LogP contribution in [0.5, 0.6) is 5.75 Å². The number of para-hydroxylation sites is 1. The fraction of sp³-hybridized carbons (Fsp3) is 0.455. The molecule has 1 aromatic rings. The van der Waals surface area contributed by atoms with E-state index in [0.29, 0.717) is 0 Å². The highest BCUT2D eigenvalue weighted by Gasteiger charge is 2.51. The third-order valence-corrected chi connectivity index (χ3v) is 3.01. The quantitative estimate of drug-likeness (QED) is 0.703. The van der Waals surface area contributed by atoms with Gasteiger partial charge in [0.15, 0.2) is 0 Å². The number of benzene rings is 1. The van der Waals surface area contributed by atoms with Crippen LogP contribution >= 0.6 is 0 Å². The first-order chi connectivity index (χ1) is 6.28. The van der Waals surface area contributed by atoms with Crippen molar-refractivity contribution in [2.24, 2.45) is 0 Å². The summed E-state index contributed by atoms with van der Waals surface area (Å²) in [6.07, 6.45) is 2.66. The maximum atomic E-state index is 9.88. The smallest absolute Gasteiger partial charge is 0.131 e. The highest BCUT2D eigenvalue weighted by Crippen LogP contribution is 2.45. The van der Waals surface area contributed by atoms with Gasteiger partial charge in [0.2, 0.25) is 0 Å². The lowest BCUT2D eigenvalue weighted by atomic mass is 10.1. The maximum Gasteiger partial charge on any atom is 0.131 e. The van der Waals surface area contributed by atoms with Crippen molar-refractivity contribution in [3.05, 3.63) is 29.8 Å². The van der Waals surface area contributed by atoms with E-state index in [9.17, 15) is 5.11 Å². The Labute approximate surface area is 77.2 Å². The van der Waals surface area contributed by atoms with Gasteiger partial charge in [-0.1, -0.05) is 18.2 Å². The number of fused-ring (bicyclic) bond motifs is 1. The van der Waals surface area contributed by atoms with E-state index in [1.165, 1.54) is 5.56 Å². The van der Waals surface area contributed by atoms with Gasteiger partial charge in [0.1, 0.15) is 17.5 Å². The Morgan fingerprint density at radius 1 is 1.31 bits per heavy atom. The Morgan fingerprint density at radius 3 is 2.77 bits per heavy atom. The van der Waals surface area contributed by atoms with Crippen LogP contribution in [0.25, 0.3) is 0 Å². The second-order valence-electron chi connectivity index (χ2n) is 4.02. The van der Waals surface area contributed by atoms with Crippen LogP contribution < -0.4 is 4.74 Å². The molecule has 2 nitrogen and oxygen atoms in total. The van der Waals surface area contributed by atoms with Crippen molar-refractivity contribution < 1.29 is 9.84 Å². The van der Waals surface area contributed by atoms with Crippen LogP contribution in [0.1, 0.15) is 18.4 Å². The lowest BCUT2D eigenvalue weighted by molar-refractivity contribution is 0.0288. The van der Waals surface area contributed by atoms with Crippen LogP contribution in [0, 0.1) is 0 Å². The van der Waals surface area contributed by atoms with Crippen molar-refractivity contribution in [1.29, 1.82) is 0 Å². The lowest BCUT2D eigenvalue weighted by Crippen LogP contribution is -2.31. The predicted molar refractivity (Wildman–Crippen MR) is 48.7 cm³/mol. The second kappa shape index (κ2) is 2.26. The molecule has 3 rings (SSSR count). The molecule has 0 spiro atoms. The average Bonchev–Trinajstić information content (AvgIpc) is 2.76. The van der Waals surface area contributed by atoms with Crippen molar-refractivity contribution in [2.75, 3.05) is 0 Å². The highest BCUT2D eigenvalue weighted by atomic mass is 16.5. The van der Waals surface area contributed by atoms with E-state index >= 15 is 0 Å². The molecule has 0 aromatic heterocycles. The van der Waals surface area contributed by atoms with Crippen molar-refractivity contribution in [3.8, 4) is 5.75 Å². The van der Waals surface area contributed by atoms with Gasteiger partial charge in [-0.05, 0) is 24.5 Å². The Hall–Kier alpha value is -1.02. The van der Waals surface area contributed by atoms with Gasteiger partial charge >= 0.3 is 0 Å². The fourth-order valence-corrected chi connectivity index (χ4v) is 1.93. The van der Waals surface area contributed by atoms with Crippen LogP contribution in [0.3, 0.4) is 0 Å². The maximum absolute atomic E-state index is 9.88. The van der Waals surface area contributed by atoms with Crippen molar-refractivity contribution in [1.82, 2.24) is 0 Å².